The molecule has 1 aromatic heterocycles. The average Bonchev–Trinajstić information content (AvgIpc) is 3.15. The van der Waals surface area contributed by atoms with Crippen molar-refractivity contribution in [3.8, 4) is 0 Å². The van der Waals surface area contributed by atoms with E-state index in [0.29, 0.717) is 29.7 Å². The van der Waals surface area contributed by atoms with Gasteiger partial charge in [-0.2, -0.15) is 0 Å². The second-order valence-corrected chi connectivity index (χ2v) is 9.20. The van der Waals surface area contributed by atoms with Crippen molar-refractivity contribution in [1.29, 1.82) is 0 Å². The number of aromatic nitrogens is 3. The normalized spacial score (nSPS) is 12.6. The molecular formula is C21H23FN4O2S2. The molecule has 0 aliphatic carbocycles. The molecule has 1 atom stereocenters. The summed E-state index contributed by atoms with van der Waals surface area (Å²) in [4.78, 5) is -0.00854. The predicted molar refractivity (Wildman–Crippen MR) is 116 cm³/mol. The summed E-state index contributed by atoms with van der Waals surface area (Å²) < 4.78 is 43.9. The second kappa shape index (κ2) is 10.0. The van der Waals surface area contributed by atoms with Crippen LogP contribution in [0.15, 0.2) is 77.3 Å². The molecule has 0 bridgehead atoms. The highest BCUT2D eigenvalue weighted by molar-refractivity contribution is 7.99. The number of rotatable bonds is 10. The van der Waals surface area contributed by atoms with Gasteiger partial charge in [-0.25, -0.2) is 17.5 Å². The van der Waals surface area contributed by atoms with Gasteiger partial charge in [-0.1, -0.05) is 48.2 Å². The van der Waals surface area contributed by atoms with Gasteiger partial charge in [-0.3, -0.25) is 0 Å². The number of thioether (sulfide) groups is 1. The van der Waals surface area contributed by atoms with Crippen LogP contribution in [-0.4, -0.2) is 28.9 Å². The van der Waals surface area contributed by atoms with Crippen molar-refractivity contribution < 1.29 is 12.8 Å². The summed E-state index contributed by atoms with van der Waals surface area (Å²) >= 11 is 1.48. The van der Waals surface area contributed by atoms with Crippen molar-refractivity contribution in [2.24, 2.45) is 0 Å². The van der Waals surface area contributed by atoms with Crippen molar-refractivity contribution in [2.45, 2.75) is 36.0 Å². The van der Waals surface area contributed by atoms with Gasteiger partial charge in [0.1, 0.15) is 5.82 Å². The molecule has 0 radical (unpaired) electrons. The molecule has 0 aliphatic heterocycles. The van der Waals surface area contributed by atoms with Crippen molar-refractivity contribution in [3.63, 3.8) is 0 Å². The van der Waals surface area contributed by atoms with E-state index in [-0.39, 0.29) is 4.90 Å². The molecule has 0 aliphatic rings. The first-order chi connectivity index (χ1) is 14.4. The van der Waals surface area contributed by atoms with Crippen LogP contribution in [0.3, 0.4) is 0 Å². The molecule has 0 amide bonds. The molecule has 30 heavy (non-hydrogen) atoms. The van der Waals surface area contributed by atoms with Crippen molar-refractivity contribution in [2.75, 3.05) is 5.75 Å². The predicted octanol–water partition coefficient (Wildman–Crippen LogP) is 3.98. The summed E-state index contributed by atoms with van der Waals surface area (Å²) in [7, 11) is -3.90. The summed E-state index contributed by atoms with van der Waals surface area (Å²) in [5, 5.41) is 9.24. The first kappa shape index (κ1) is 22.2. The van der Waals surface area contributed by atoms with Crippen LogP contribution in [-0.2, 0) is 23.0 Å². The zero-order valence-corrected chi connectivity index (χ0v) is 18.2. The van der Waals surface area contributed by atoms with Gasteiger partial charge in [0.25, 0.3) is 0 Å². The maximum Gasteiger partial charge on any atom is 0.241 e. The molecule has 2 aromatic carbocycles. The SMILES string of the molecule is C=CCSc1nnc([C@H](Cc2ccccc2)NS(=O)(=O)c2ccc(F)cc2)n1CC. The fraction of sp³-hybridized carbons (Fsp3) is 0.238. The Labute approximate surface area is 180 Å². The lowest BCUT2D eigenvalue weighted by molar-refractivity contribution is 0.517. The van der Waals surface area contributed by atoms with Crippen molar-refractivity contribution in [3.05, 3.63) is 84.5 Å². The molecular weight excluding hydrogens is 423 g/mol. The van der Waals surface area contributed by atoms with E-state index in [9.17, 15) is 12.8 Å². The molecule has 3 aromatic rings. The maximum atomic E-state index is 13.2. The van der Waals surface area contributed by atoms with E-state index in [4.69, 9.17) is 0 Å². The maximum absolute atomic E-state index is 13.2. The van der Waals surface area contributed by atoms with Crippen LogP contribution < -0.4 is 4.72 Å². The Morgan fingerprint density at radius 2 is 1.87 bits per heavy atom. The van der Waals surface area contributed by atoms with E-state index in [1.54, 1.807) is 6.08 Å². The van der Waals surface area contributed by atoms with Gasteiger partial charge in [0.15, 0.2) is 11.0 Å². The zero-order chi connectivity index (χ0) is 21.6. The first-order valence-corrected chi connectivity index (χ1v) is 11.9. The highest BCUT2D eigenvalue weighted by atomic mass is 32.2. The largest absolute Gasteiger partial charge is 0.305 e. The van der Waals surface area contributed by atoms with Crippen LogP contribution >= 0.6 is 11.8 Å². The standard InChI is InChI=1S/C21H23FN4O2S2/c1-3-14-29-21-24-23-20(26(21)4-2)19(15-16-8-6-5-7-9-16)25-30(27,28)18-12-10-17(22)11-13-18/h3,5-13,19,25H,1,4,14-15H2,2H3/t19-/m0/s1. The van der Waals surface area contributed by atoms with Crippen molar-refractivity contribution in [1.82, 2.24) is 19.5 Å². The zero-order valence-electron chi connectivity index (χ0n) is 16.5. The molecule has 0 spiro atoms. The summed E-state index contributed by atoms with van der Waals surface area (Å²) in [6.45, 7) is 6.27. The highest BCUT2D eigenvalue weighted by Gasteiger charge is 2.27. The quantitative estimate of drug-likeness (QED) is 0.377. The topological polar surface area (TPSA) is 76.9 Å². The van der Waals surface area contributed by atoms with Crippen LogP contribution in [0, 0.1) is 5.82 Å². The fourth-order valence-corrected chi connectivity index (χ4v) is 4.94. The van der Waals surface area contributed by atoms with Gasteiger partial charge in [-0.05, 0) is 43.2 Å². The monoisotopic (exact) mass is 446 g/mol. The number of nitrogens with zero attached hydrogens (tertiary/aromatic N) is 3. The number of hydrogen-bond donors (Lipinski definition) is 1. The van der Waals surface area contributed by atoms with Crippen LogP contribution in [0.5, 0.6) is 0 Å². The van der Waals surface area contributed by atoms with Crippen LogP contribution in [0.4, 0.5) is 4.39 Å². The van der Waals surface area contributed by atoms with E-state index in [1.165, 1.54) is 23.9 Å². The minimum absolute atomic E-state index is 0.00854. The molecule has 3 rings (SSSR count). The average molecular weight is 447 g/mol. The minimum Gasteiger partial charge on any atom is -0.305 e. The lowest BCUT2D eigenvalue weighted by atomic mass is 10.1. The molecule has 0 fully saturated rings. The third-order valence-electron chi connectivity index (χ3n) is 4.41. The van der Waals surface area contributed by atoms with Crippen LogP contribution in [0.2, 0.25) is 0 Å². The molecule has 6 nitrogen and oxygen atoms in total. The molecule has 0 unspecified atom stereocenters. The lowest BCUT2D eigenvalue weighted by Gasteiger charge is -2.19. The third-order valence-corrected chi connectivity index (χ3v) is 6.86. The van der Waals surface area contributed by atoms with Crippen LogP contribution in [0.1, 0.15) is 24.4 Å². The molecule has 0 saturated heterocycles. The Morgan fingerprint density at radius 3 is 2.50 bits per heavy atom. The van der Waals surface area contributed by atoms with Gasteiger partial charge < -0.3 is 4.57 Å². The number of sulfonamides is 1. The molecule has 1 N–H and O–H groups in total. The Hall–Kier alpha value is -2.49. The molecule has 0 saturated carbocycles. The van der Waals surface area contributed by atoms with E-state index in [2.05, 4.69) is 21.5 Å². The molecule has 158 valence electrons. The lowest BCUT2D eigenvalue weighted by Crippen LogP contribution is -2.32. The van der Waals surface area contributed by atoms with E-state index >= 15 is 0 Å². The summed E-state index contributed by atoms with van der Waals surface area (Å²) in [5.41, 5.74) is 0.954. The van der Waals surface area contributed by atoms with Gasteiger partial charge in [0, 0.05) is 12.3 Å². The fourth-order valence-electron chi connectivity index (χ4n) is 3.00. The van der Waals surface area contributed by atoms with Gasteiger partial charge in [-0.15, -0.1) is 16.8 Å². The Morgan fingerprint density at radius 1 is 1.17 bits per heavy atom. The Bertz CT molecular complexity index is 1080. The first-order valence-electron chi connectivity index (χ1n) is 9.43. The minimum atomic E-state index is -3.90. The van der Waals surface area contributed by atoms with E-state index in [1.807, 2.05) is 41.8 Å². The van der Waals surface area contributed by atoms with Crippen LogP contribution in [0.25, 0.3) is 0 Å². The molecule has 9 heteroatoms. The van der Waals surface area contributed by atoms with Gasteiger partial charge in [0.05, 0.1) is 10.9 Å². The number of halogens is 1. The van der Waals surface area contributed by atoms with E-state index in [0.717, 1.165) is 17.7 Å². The highest BCUT2D eigenvalue weighted by Crippen LogP contribution is 2.25. The Kier molecular flexibility index (Phi) is 7.41. The summed E-state index contributed by atoms with van der Waals surface area (Å²) in [6.07, 6.45) is 2.17. The third kappa shape index (κ3) is 5.35. The summed E-state index contributed by atoms with van der Waals surface area (Å²) in [5.74, 6) is 0.700. The van der Waals surface area contributed by atoms with Gasteiger partial charge in [0.2, 0.25) is 10.0 Å². The Balaban J connectivity index is 1.98. The molecule has 1 heterocycles. The number of hydrogen-bond acceptors (Lipinski definition) is 5. The number of nitrogens with one attached hydrogen (secondary N) is 1. The number of benzene rings is 2. The smallest absolute Gasteiger partial charge is 0.241 e. The van der Waals surface area contributed by atoms with Gasteiger partial charge >= 0.3 is 0 Å². The van der Waals surface area contributed by atoms with Crippen molar-refractivity contribution >= 4 is 21.8 Å². The van der Waals surface area contributed by atoms with E-state index < -0.39 is 21.9 Å². The summed E-state index contributed by atoms with van der Waals surface area (Å²) in [6, 6.07) is 13.7. The second-order valence-electron chi connectivity index (χ2n) is 6.50.